The average molecular weight is 556 g/mol. The fraction of sp³-hybridized carbons (Fsp3) is 0.375. The normalized spacial score (nSPS) is 14.2. The highest BCUT2D eigenvalue weighted by Crippen LogP contribution is 2.32. The van der Waals surface area contributed by atoms with Crippen LogP contribution in [0.25, 0.3) is 16.9 Å². The second-order valence-corrected chi connectivity index (χ2v) is 11.6. The van der Waals surface area contributed by atoms with E-state index in [1.54, 1.807) is 22.7 Å². The standard InChI is InChI=1S/C32H37N5O4/c1-20-7-10-24(17-21(20)2)33-30(38)26-19-37-28(18-27(35-37)22-8-11-25(40-6)12-9-22)34-29(26)23-13-15-36(16-14-23)31(39)41-32(3,4)5/h7-12,17-19,23H,13-16H2,1-6H3,(H,33,38). The summed E-state index contributed by atoms with van der Waals surface area (Å²) < 4.78 is 12.5. The first-order valence-corrected chi connectivity index (χ1v) is 13.9. The van der Waals surface area contributed by atoms with Crippen molar-refractivity contribution >= 4 is 23.3 Å². The Morgan fingerprint density at radius 3 is 2.32 bits per heavy atom. The van der Waals surface area contributed by atoms with Crippen molar-refractivity contribution in [1.29, 1.82) is 0 Å². The minimum absolute atomic E-state index is 0.00136. The van der Waals surface area contributed by atoms with Gasteiger partial charge in [0, 0.05) is 42.5 Å². The van der Waals surface area contributed by atoms with Crippen LogP contribution >= 0.6 is 0 Å². The number of benzene rings is 2. The number of carbonyl (C=O) groups excluding carboxylic acids is 2. The molecule has 2 aromatic carbocycles. The summed E-state index contributed by atoms with van der Waals surface area (Å²) in [6.07, 6.45) is 2.80. The van der Waals surface area contributed by atoms with Gasteiger partial charge in [0.05, 0.1) is 24.1 Å². The lowest BCUT2D eigenvalue weighted by Crippen LogP contribution is -2.41. The summed E-state index contributed by atoms with van der Waals surface area (Å²) in [5, 5.41) is 7.79. The lowest BCUT2D eigenvalue weighted by Gasteiger charge is -2.33. The average Bonchev–Trinajstić information content (AvgIpc) is 3.37. The first-order chi connectivity index (χ1) is 19.5. The summed E-state index contributed by atoms with van der Waals surface area (Å²) in [7, 11) is 1.63. The molecule has 2 aromatic heterocycles. The van der Waals surface area contributed by atoms with Gasteiger partial charge in [-0.15, -0.1) is 0 Å². The number of anilines is 1. The molecular formula is C32H37N5O4. The van der Waals surface area contributed by atoms with Gasteiger partial charge >= 0.3 is 6.09 Å². The van der Waals surface area contributed by atoms with Crippen molar-refractivity contribution in [3.8, 4) is 17.0 Å². The van der Waals surface area contributed by atoms with Gasteiger partial charge in [0.2, 0.25) is 0 Å². The van der Waals surface area contributed by atoms with Gasteiger partial charge in [-0.05, 0) is 95.0 Å². The Balaban J connectivity index is 1.47. The summed E-state index contributed by atoms with van der Waals surface area (Å²) in [6.45, 7) is 10.7. The number of rotatable bonds is 5. The molecule has 1 aliphatic rings. The number of methoxy groups -OCH3 is 1. The summed E-state index contributed by atoms with van der Waals surface area (Å²) in [5.74, 6) is 0.521. The number of aromatic nitrogens is 3. The molecule has 0 bridgehead atoms. The molecule has 41 heavy (non-hydrogen) atoms. The molecule has 5 rings (SSSR count). The van der Waals surface area contributed by atoms with Crippen molar-refractivity contribution in [2.75, 3.05) is 25.5 Å². The van der Waals surface area contributed by atoms with E-state index < -0.39 is 5.60 Å². The van der Waals surface area contributed by atoms with Crippen LogP contribution in [0.3, 0.4) is 0 Å². The second-order valence-electron chi connectivity index (χ2n) is 11.6. The fourth-order valence-corrected chi connectivity index (χ4v) is 5.00. The van der Waals surface area contributed by atoms with Gasteiger partial charge in [0.25, 0.3) is 5.91 Å². The lowest BCUT2D eigenvalue weighted by atomic mass is 9.90. The molecule has 1 saturated heterocycles. The van der Waals surface area contributed by atoms with Crippen molar-refractivity contribution in [2.24, 2.45) is 0 Å². The van der Waals surface area contributed by atoms with Crippen LogP contribution < -0.4 is 10.1 Å². The number of aryl methyl sites for hydroxylation is 2. The van der Waals surface area contributed by atoms with Gasteiger partial charge in [-0.3, -0.25) is 4.79 Å². The van der Waals surface area contributed by atoms with Crippen LogP contribution in [0.1, 0.15) is 66.7 Å². The van der Waals surface area contributed by atoms with Crippen molar-refractivity contribution in [3.63, 3.8) is 0 Å². The smallest absolute Gasteiger partial charge is 0.410 e. The molecule has 2 amide bonds. The van der Waals surface area contributed by atoms with E-state index in [-0.39, 0.29) is 17.9 Å². The molecule has 9 heteroatoms. The molecule has 1 N–H and O–H groups in total. The van der Waals surface area contributed by atoms with E-state index in [0.717, 1.165) is 33.8 Å². The van der Waals surface area contributed by atoms with E-state index in [1.807, 2.05) is 83.1 Å². The Morgan fingerprint density at radius 1 is 0.976 bits per heavy atom. The molecule has 1 aliphatic heterocycles. The predicted octanol–water partition coefficient (Wildman–Crippen LogP) is 6.39. The van der Waals surface area contributed by atoms with E-state index in [2.05, 4.69) is 5.32 Å². The molecule has 0 unspecified atom stereocenters. The van der Waals surface area contributed by atoms with Crippen molar-refractivity contribution in [3.05, 3.63) is 77.1 Å². The molecule has 3 heterocycles. The summed E-state index contributed by atoms with van der Waals surface area (Å²) in [6, 6.07) is 15.5. The van der Waals surface area contributed by atoms with Crippen molar-refractivity contribution in [1.82, 2.24) is 19.5 Å². The minimum atomic E-state index is -0.552. The molecule has 0 atom stereocenters. The monoisotopic (exact) mass is 555 g/mol. The molecule has 214 valence electrons. The maximum absolute atomic E-state index is 13.7. The van der Waals surface area contributed by atoms with E-state index in [4.69, 9.17) is 19.6 Å². The largest absolute Gasteiger partial charge is 0.497 e. The van der Waals surface area contributed by atoms with Crippen LogP contribution in [0, 0.1) is 13.8 Å². The van der Waals surface area contributed by atoms with Gasteiger partial charge in [-0.2, -0.15) is 5.10 Å². The van der Waals surface area contributed by atoms with E-state index >= 15 is 0 Å². The Labute approximate surface area is 240 Å². The zero-order chi connectivity index (χ0) is 29.3. The first kappa shape index (κ1) is 28.1. The summed E-state index contributed by atoms with van der Waals surface area (Å²) in [4.78, 5) is 33.1. The van der Waals surface area contributed by atoms with Crippen LogP contribution in [-0.4, -0.2) is 57.3 Å². The third-order valence-electron chi connectivity index (χ3n) is 7.41. The van der Waals surface area contributed by atoms with E-state index in [1.165, 1.54) is 0 Å². The summed E-state index contributed by atoms with van der Waals surface area (Å²) >= 11 is 0. The molecule has 0 spiro atoms. The van der Waals surface area contributed by atoms with Crippen LogP contribution in [0.15, 0.2) is 54.7 Å². The lowest BCUT2D eigenvalue weighted by molar-refractivity contribution is 0.0203. The molecule has 9 nitrogen and oxygen atoms in total. The molecule has 1 fully saturated rings. The number of hydrogen-bond donors (Lipinski definition) is 1. The SMILES string of the molecule is COc1ccc(-c2cc3nc(C4CCN(C(=O)OC(C)(C)C)CC4)c(C(=O)Nc4ccc(C)c(C)c4)cn3n2)cc1. The zero-order valence-electron chi connectivity index (χ0n) is 24.5. The number of amides is 2. The number of likely N-dealkylation sites (tertiary alicyclic amines) is 1. The Kier molecular flexibility index (Phi) is 7.71. The minimum Gasteiger partial charge on any atom is -0.497 e. The van der Waals surface area contributed by atoms with Gasteiger partial charge in [0.1, 0.15) is 11.4 Å². The number of nitrogens with zero attached hydrogens (tertiary/aromatic N) is 4. The van der Waals surface area contributed by atoms with Crippen LogP contribution in [0.5, 0.6) is 5.75 Å². The van der Waals surface area contributed by atoms with Gasteiger partial charge in [0.15, 0.2) is 5.65 Å². The third-order valence-corrected chi connectivity index (χ3v) is 7.41. The zero-order valence-corrected chi connectivity index (χ0v) is 24.5. The number of carbonyl (C=O) groups is 2. The van der Waals surface area contributed by atoms with Gasteiger partial charge in [-0.1, -0.05) is 6.07 Å². The number of fused-ring (bicyclic) bond motifs is 1. The number of piperidine rings is 1. The van der Waals surface area contributed by atoms with E-state index in [0.29, 0.717) is 42.8 Å². The number of nitrogens with one attached hydrogen (secondary N) is 1. The number of ether oxygens (including phenoxy) is 2. The molecule has 0 saturated carbocycles. The van der Waals surface area contributed by atoms with Crippen molar-refractivity contribution in [2.45, 2.75) is 59.0 Å². The maximum Gasteiger partial charge on any atom is 0.410 e. The fourth-order valence-electron chi connectivity index (χ4n) is 5.00. The highest BCUT2D eigenvalue weighted by atomic mass is 16.6. The molecule has 0 aliphatic carbocycles. The molecule has 0 radical (unpaired) electrons. The van der Waals surface area contributed by atoms with E-state index in [9.17, 15) is 9.59 Å². The third kappa shape index (κ3) is 6.34. The van der Waals surface area contributed by atoms with Crippen LogP contribution in [-0.2, 0) is 4.74 Å². The quantitative estimate of drug-likeness (QED) is 0.307. The van der Waals surface area contributed by atoms with Crippen molar-refractivity contribution < 1.29 is 19.1 Å². The predicted molar refractivity (Wildman–Crippen MR) is 159 cm³/mol. The maximum atomic E-state index is 13.7. The van der Waals surface area contributed by atoms with Crippen LogP contribution in [0.4, 0.5) is 10.5 Å². The Bertz CT molecular complexity index is 1580. The van der Waals surface area contributed by atoms with Gasteiger partial charge in [-0.25, -0.2) is 14.3 Å². The topological polar surface area (TPSA) is 98.1 Å². The highest BCUT2D eigenvalue weighted by molar-refractivity contribution is 6.05. The van der Waals surface area contributed by atoms with Gasteiger partial charge < -0.3 is 19.7 Å². The Morgan fingerprint density at radius 2 is 1.68 bits per heavy atom. The Hall–Kier alpha value is -4.40. The summed E-state index contributed by atoms with van der Waals surface area (Å²) in [5.41, 5.74) is 5.94. The first-order valence-electron chi connectivity index (χ1n) is 13.9. The molecular weight excluding hydrogens is 518 g/mol. The van der Waals surface area contributed by atoms with Crippen LogP contribution in [0.2, 0.25) is 0 Å². The number of hydrogen-bond acceptors (Lipinski definition) is 6. The second kappa shape index (κ2) is 11.2. The highest BCUT2D eigenvalue weighted by Gasteiger charge is 2.31. The molecule has 4 aromatic rings.